The third kappa shape index (κ3) is 4.20. The van der Waals surface area contributed by atoms with Crippen LogP contribution in [-0.4, -0.2) is 12.3 Å². The maximum atomic E-state index is 13.6. The van der Waals surface area contributed by atoms with Gasteiger partial charge in [-0.1, -0.05) is 28.1 Å². The van der Waals surface area contributed by atoms with Crippen LogP contribution in [0.1, 0.15) is 10.4 Å². The van der Waals surface area contributed by atoms with Gasteiger partial charge in [0, 0.05) is 4.47 Å². The number of halogens is 5. The molecule has 22 heavy (non-hydrogen) atoms. The molecule has 0 fully saturated rings. The van der Waals surface area contributed by atoms with E-state index in [2.05, 4.69) is 26.0 Å². The quantitative estimate of drug-likeness (QED) is 0.784. The summed E-state index contributed by atoms with van der Waals surface area (Å²) in [6.45, 7) is 0. The maximum Gasteiger partial charge on any atom is 0.573 e. The number of amides is 1. The standard InChI is InChI=1S/C14H8BrF4NO2/c15-8-5-6-10(16)9(7-8)13(21)20-11-3-1-2-4-12(11)22-14(17,18)19/h1-7H,(H,20,21). The zero-order valence-electron chi connectivity index (χ0n) is 10.7. The normalized spacial score (nSPS) is 11.1. The van der Waals surface area contributed by atoms with Crippen molar-refractivity contribution in [1.82, 2.24) is 0 Å². The molecule has 1 N–H and O–H groups in total. The second kappa shape index (κ2) is 6.35. The molecule has 1 amide bonds. The zero-order chi connectivity index (χ0) is 16.3. The minimum atomic E-state index is -4.90. The molecule has 0 bridgehead atoms. The molecule has 116 valence electrons. The molecule has 0 radical (unpaired) electrons. The van der Waals surface area contributed by atoms with Crippen molar-refractivity contribution in [3.8, 4) is 5.75 Å². The van der Waals surface area contributed by atoms with Gasteiger partial charge in [0.15, 0.2) is 5.75 Å². The van der Waals surface area contributed by atoms with E-state index in [4.69, 9.17) is 0 Å². The lowest BCUT2D eigenvalue weighted by molar-refractivity contribution is -0.274. The number of hydrogen-bond donors (Lipinski definition) is 1. The van der Waals surface area contributed by atoms with E-state index in [1.807, 2.05) is 0 Å². The predicted octanol–water partition coefficient (Wildman–Crippen LogP) is 4.74. The molecule has 0 spiro atoms. The highest BCUT2D eigenvalue weighted by Crippen LogP contribution is 2.30. The number of para-hydroxylation sites is 2. The summed E-state index contributed by atoms with van der Waals surface area (Å²) in [5, 5.41) is 2.19. The van der Waals surface area contributed by atoms with Crippen molar-refractivity contribution in [2.45, 2.75) is 6.36 Å². The molecule has 8 heteroatoms. The molecule has 3 nitrogen and oxygen atoms in total. The van der Waals surface area contributed by atoms with Gasteiger partial charge in [0.05, 0.1) is 11.3 Å². The van der Waals surface area contributed by atoms with Crippen LogP contribution < -0.4 is 10.1 Å². The summed E-state index contributed by atoms with van der Waals surface area (Å²) < 4.78 is 54.8. The second-order valence-electron chi connectivity index (χ2n) is 4.12. The lowest BCUT2D eigenvalue weighted by Gasteiger charge is -2.14. The Kier molecular flexibility index (Phi) is 4.70. The predicted molar refractivity (Wildman–Crippen MR) is 75.2 cm³/mol. The summed E-state index contributed by atoms with van der Waals surface area (Å²) in [7, 11) is 0. The molecule has 0 saturated heterocycles. The number of nitrogens with one attached hydrogen (secondary N) is 1. The van der Waals surface area contributed by atoms with Crippen LogP contribution in [0.3, 0.4) is 0 Å². The first kappa shape index (κ1) is 16.3. The Labute approximate surface area is 131 Å². The third-order valence-electron chi connectivity index (χ3n) is 2.53. The van der Waals surface area contributed by atoms with Crippen molar-refractivity contribution >= 4 is 27.5 Å². The summed E-state index contributed by atoms with van der Waals surface area (Å²) in [5.74, 6) is -2.27. The Hall–Kier alpha value is -2.09. The third-order valence-corrected chi connectivity index (χ3v) is 3.03. The van der Waals surface area contributed by atoms with Gasteiger partial charge in [-0.15, -0.1) is 13.2 Å². The first-order chi connectivity index (χ1) is 10.3. The van der Waals surface area contributed by atoms with Crippen molar-refractivity contribution < 1.29 is 27.1 Å². The van der Waals surface area contributed by atoms with Gasteiger partial charge in [-0.05, 0) is 30.3 Å². The number of ether oxygens (including phenoxy) is 1. The van der Waals surface area contributed by atoms with Gasteiger partial charge in [-0.2, -0.15) is 0 Å². The minimum Gasteiger partial charge on any atom is -0.404 e. The summed E-state index contributed by atoms with van der Waals surface area (Å²) in [6.07, 6.45) is -4.90. The molecular weight excluding hydrogens is 370 g/mol. The van der Waals surface area contributed by atoms with Gasteiger partial charge < -0.3 is 10.1 Å². The molecule has 0 aliphatic heterocycles. The fraction of sp³-hybridized carbons (Fsp3) is 0.0714. The molecule has 0 atom stereocenters. The van der Waals surface area contributed by atoms with Gasteiger partial charge in [-0.3, -0.25) is 4.79 Å². The van der Waals surface area contributed by atoms with E-state index < -0.39 is 23.8 Å². The maximum absolute atomic E-state index is 13.6. The van der Waals surface area contributed by atoms with E-state index in [1.165, 1.54) is 30.3 Å². The largest absolute Gasteiger partial charge is 0.573 e. The van der Waals surface area contributed by atoms with Crippen LogP contribution in [0.4, 0.5) is 23.2 Å². The van der Waals surface area contributed by atoms with E-state index in [1.54, 1.807) is 0 Å². The van der Waals surface area contributed by atoms with Crippen LogP contribution >= 0.6 is 15.9 Å². The van der Waals surface area contributed by atoms with Gasteiger partial charge in [0.25, 0.3) is 5.91 Å². The number of rotatable bonds is 3. The molecule has 0 heterocycles. The fourth-order valence-electron chi connectivity index (χ4n) is 1.64. The first-order valence-electron chi connectivity index (χ1n) is 5.87. The van der Waals surface area contributed by atoms with Crippen LogP contribution in [0.15, 0.2) is 46.9 Å². The van der Waals surface area contributed by atoms with E-state index in [0.717, 1.165) is 12.1 Å². The lowest BCUT2D eigenvalue weighted by atomic mass is 10.2. The minimum absolute atomic E-state index is 0.218. The van der Waals surface area contributed by atoms with E-state index >= 15 is 0 Å². The highest BCUT2D eigenvalue weighted by molar-refractivity contribution is 9.10. The first-order valence-corrected chi connectivity index (χ1v) is 6.67. The van der Waals surface area contributed by atoms with Crippen LogP contribution in [0.5, 0.6) is 5.75 Å². The number of carbonyl (C=O) groups excluding carboxylic acids is 1. The molecule has 0 aliphatic carbocycles. The van der Waals surface area contributed by atoms with Gasteiger partial charge in [0.1, 0.15) is 5.82 Å². The number of benzene rings is 2. The van der Waals surface area contributed by atoms with Gasteiger partial charge in [-0.25, -0.2) is 4.39 Å². The Bertz CT molecular complexity index is 703. The summed E-state index contributed by atoms with van der Waals surface area (Å²) in [4.78, 5) is 12.0. The Morgan fingerprint density at radius 1 is 1.14 bits per heavy atom. The monoisotopic (exact) mass is 377 g/mol. The molecule has 2 rings (SSSR count). The topological polar surface area (TPSA) is 38.3 Å². The van der Waals surface area contributed by atoms with Gasteiger partial charge >= 0.3 is 6.36 Å². The number of carbonyl (C=O) groups is 1. The van der Waals surface area contributed by atoms with E-state index in [0.29, 0.717) is 4.47 Å². The Morgan fingerprint density at radius 2 is 1.82 bits per heavy atom. The molecule has 0 aliphatic rings. The van der Waals surface area contributed by atoms with Crippen molar-refractivity contribution in [2.24, 2.45) is 0 Å². The number of anilines is 1. The van der Waals surface area contributed by atoms with E-state index in [-0.39, 0.29) is 11.3 Å². The SMILES string of the molecule is O=C(Nc1ccccc1OC(F)(F)F)c1cc(Br)ccc1F. The van der Waals surface area contributed by atoms with Crippen LogP contribution in [0.25, 0.3) is 0 Å². The van der Waals surface area contributed by atoms with Crippen molar-refractivity contribution in [1.29, 1.82) is 0 Å². The van der Waals surface area contributed by atoms with Crippen molar-refractivity contribution in [2.75, 3.05) is 5.32 Å². The van der Waals surface area contributed by atoms with Crippen LogP contribution in [-0.2, 0) is 0 Å². The molecular formula is C14H8BrF4NO2. The van der Waals surface area contributed by atoms with Crippen molar-refractivity contribution in [3.63, 3.8) is 0 Å². The molecule has 0 unspecified atom stereocenters. The lowest BCUT2D eigenvalue weighted by Crippen LogP contribution is -2.20. The molecule has 2 aromatic carbocycles. The number of hydrogen-bond acceptors (Lipinski definition) is 2. The summed E-state index contributed by atoms with van der Waals surface area (Å²) in [5.41, 5.74) is -0.527. The van der Waals surface area contributed by atoms with Gasteiger partial charge in [0.2, 0.25) is 0 Å². The second-order valence-corrected chi connectivity index (χ2v) is 5.04. The molecule has 0 aromatic heterocycles. The van der Waals surface area contributed by atoms with E-state index in [9.17, 15) is 22.4 Å². The van der Waals surface area contributed by atoms with Crippen LogP contribution in [0, 0.1) is 5.82 Å². The average molecular weight is 378 g/mol. The number of alkyl halides is 3. The Morgan fingerprint density at radius 3 is 2.50 bits per heavy atom. The highest BCUT2D eigenvalue weighted by Gasteiger charge is 2.32. The molecule has 2 aromatic rings. The molecule has 0 saturated carbocycles. The summed E-state index contributed by atoms with van der Waals surface area (Å²) >= 11 is 3.08. The Balaban J connectivity index is 2.27. The fourth-order valence-corrected chi connectivity index (χ4v) is 2.01. The smallest absolute Gasteiger partial charge is 0.404 e. The zero-order valence-corrected chi connectivity index (χ0v) is 12.3. The average Bonchev–Trinajstić information content (AvgIpc) is 2.42. The highest BCUT2D eigenvalue weighted by atomic mass is 79.9. The van der Waals surface area contributed by atoms with Crippen molar-refractivity contribution in [3.05, 3.63) is 58.3 Å². The summed E-state index contributed by atoms with van der Waals surface area (Å²) in [6, 6.07) is 8.67. The van der Waals surface area contributed by atoms with Crippen LogP contribution in [0.2, 0.25) is 0 Å².